The maximum absolute atomic E-state index is 12.7. The molecule has 2 N–H and O–H groups in total. The fourth-order valence-electron chi connectivity index (χ4n) is 1.51. The Bertz CT molecular complexity index is 686. The van der Waals surface area contributed by atoms with Crippen LogP contribution in [0.15, 0.2) is 12.4 Å². The van der Waals surface area contributed by atoms with E-state index in [0.29, 0.717) is 6.33 Å². The summed E-state index contributed by atoms with van der Waals surface area (Å²) in [4.78, 5) is 17.2. The van der Waals surface area contributed by atoms with Gasteiger partial charge in [0.2, 0.25) is 0 Å². The number of hydrogen-bond donors (Lipinski definition) is 1. The van der Waals surface area contributed by atoms with E-state index < -0.39 is 41.0 Å². The fourth-order valence-corrected chi connectivity index (χ4v) is 1.51. The van der Waals surface area contributed by atoms with E-state index >= 15 is 0 Å². The number of imidazole rings is 1. The molecule has 0 atom stereocenters. The zero-order valence-corrected chi connectivity index (χ0v) is 9.25. The van der Waals surface area contributed by atoms with E-state index in [2.05, 4.69) is 9.97 Å². The Hall–Kier alpha value is -2.33. The Morgan fingerprint density at radius 3 is 2.20 bits per heavy atom. The van der Waals surface area contributed by atoms with Gasteiger partial charge in [-0.15, -0.1) is 0 Å². The van der Waals surface area contributed by atoms with Crippen molar-refractivity contribution in [1.82, 2.24) is 14.4 Å². The summed E-state index contributed by atoms with van der Waals surface area (Å²) in [5.74, 6) is -1.28. The molecule has 0 fully saturated rings. The number of halogens is 6. The first kappa shape index (κ1) is 14.1. The van der Waals surface area contributed by atoms with E-state index in [-0.39, 0.29) is 10.5 Å². The number of nitrogens with two attached hydrogens (primary N) is 1. The highest BCUT2D eigenvalue weighted by Gasteiger charge is 2.40. The number of rotatable bonds is 1. The number of aromatic nitrogens is 3. The maximum Gasteiger partial charge on any atom is 0.433 e. The molecule has 0 spiro atoms. The second kappa shape index (κ2) is 4.08. The molecule has 0 unspecified atom stereocenters. The fraction of sp³-hybridized carbons (Fsp3) is 0.222. The first-order valence-electron chi connectivity index (χ1n) is 4.84. The molecule has 1 amide bonds. The van der Waals surface area contributed by atoms with E-state index in [4.69, 9.17) is 5.73 Å². The SMILES string of the molecule is NC(=O)c1ncn2c(C(F)(F)F)cc(C(F)(F)F)nc12. The van der Waals surface area contributed by atoms with Gasteiger partial charge >= 0.3 is 12.4 Å². The van der Waals surface area contributed by atoms with Crippen molar-refractivity contribution in [2.24, 2.45) is 5.73 Å². The van der Waals surface area contributed by atoms with Gasteiger partial charge in [0.1, 0.15) is 17.7 Å². The summed E-state index contributed by atoms with van der Waals surface area (Å²) in [6.45, 7) is 0. The molecule has 0 saturated heterocycles. The molecule has 108 valence electrons. The first-order valence-corrected chi connectivity index (χ1v) is 4.84. The molecule has 0 aromatic carbocycles. The minimum absolute atomic E-state index is 0.167. The van der Waals surface area contributed by atoms with Gasteiger partial charge in [0.25, 0.3) is 5.91 Å². The van der Waals surface area contributed by atoms with Gasteiger partial charge in [-0.1, -0.05) is 0 Å². The summed E-state index contributed by atoms with van der Waals surface area (Å²) in [7, 11) is 0. The Kier molecular flexibility index (Phi) is 2.87. The predicted molar refractivity (Wildman–Crippen MR) is 51.5 cm³/mol. The van der Waals surface area contributed by atoms with Crippen molar-refractivity contribution in [1.29, 1.82) is 0 Å². The zero-order chi connectivity index (χ0) is 15.3. The maximum atomic E-state index is 12.7. The Balaban J connectivity index is 2.88. The summed E-state index contributed by atoms with van der Waals surface area (Å²) < 4.78 is 76.1. The third-order valence-electron chi connectivity index (χ3n) is 2.32. The van der Waals surface area contributed by atoms with Crippen molar-refractivity contribution in [2.75, 3.05) is 0 Å². The Labute approximate surface area is 106 Å². The van der Waals surface area contributed by atoms with Gasteiger partial charge in [-0.05, 0) is 6.07 Å². The third-order valence-corrected chi connectivity index (χ3v) is 2.32. The van der Waals surface area contributed by atoms with Crippen molar-refractivity contribution >= 4 is 11.6 Å². The van der Waals surface area contributed by atoms with Crippen LogP contribution < -0.4 is 5.73 Å². The van der Waals surface area contributed by atoms with Gasteiger partial charge < -0.3 is 5.73 Å². The lowest BCUT2D eigenvalue weighted by Gasteiger charge is -2.13. The van der Waals surface area contributed by atoms with E-state index in [1.165, 1.54) is 0 Å². The number of hydrogen-bond acceptors (Lipinski definition) is 3. The lowest BCUT2D eigenvalue weighted by Crippen LogP contribution is -2.18. The summed E-state index contributed by atoms with van der Waals surface area (Å²) in [6.07, 6.45) is -9.66. The lowest BCUT2D eigenvalue weighted by molar-refractivity contribution is -0.147. The van der Waals surface area contributed by atoms with Crippen molar-refractivity contribution in [2.45, 2.75) is 12.4 Å². The summed E-state index contributed by atoms with van der Waals surface area (Å²) in [6, 6.07) is -0.167. The summed E-state index contributed by atoms with van der Waals surface area (Å²) >= 11 is 0. The summed E-state index contributed by atoms with van der Waals surface area (Å²) in [5, 5.41) is 0. The average molecular weight is 298 g/mol. The predicted octanol–water partition coefficient (Wildman–Crippen LogP) is 1.87. The normalized spacial score (nSPS) is 12.9. The van der Waals surface area contributed by atoms with Gasteiger partial charge in [0.05, 0.1) is 0 Å². The average Bonchev–Trinajstić information content (AvgIpc) is 2.68. The van der Waals surface area contributed by atoms with Gasteiger partial charge in [-0.25, -0.2) is 9.97 Å². The first-order chi connectivity index (χ1) is 9.01. The van der Waals surface area contributed by atoms with Crippen LogP contribution in [0, 0.1) is 0 Å². The molecule has 2 aromatic heterocycles. The van der Waals surface area contributed by atoms with Crippen LogP contribution in [0.1, 0.15) is 21.9 Å². The molecule has 0 aliphatic carbocycles. The number of amides is 1. The highest BCUT2D eigenvalue weighted by atomic mass is 19.4. The van der Waals surface area contributed by atoms with Crippen molar-refractivity contribution < 1.29 is 31.1 Å². The lowest BCUT2D eigenvalue weighted by atomic mass is 10.3. The Morgan fingerprint density at radius 2 is 1.75 bits per heavy atom. The molecule has 0 radical (unpaired) electrons. The molecular formula is C9H4F6N4O. The molecular weight excluding hydrogens is 294 g/mol. The van der Waals surface area contributed by atoms with E-state index in [1.807, 2.05) is 0 Å². The molecule has 2 heterocycles. The van der Waals surface area contributed by atoms with Crippen LogP contribution in [-0.4, -0.2) is 20.3 Å². The number of fused-ring (bicyclic) bond motifs is 1. The van der Waals surface area contributed by atoms with E-state index in [9.17, 15) is 31.1 Å². The summed E-state index contributed by atoms with van der Waals surface area (Å²) in [5.41, 5.74) is -0.303. The molecule has 20 heavy (non-hydrogen) atoms. The van der Waals surface area contributed by atoms with Crippen LogP contribution in [0.5, 0.6) is 0 Å². The minimum atomic E-state index is -5.11. The van der Waals surface area contributed by atoms with Crippen molar-refractivity contribution in [3.05, 3.63) is 29.5 Å². The van der Waals surface area contributed by atoms with Crippen LogP contribution in [0.4, 0.5) is 26.3 Å². The van der Waals surface area contributed by atoms with E-state index in [1.54, 1.807) is 0 Å². The van der Waals surface area contributed by atoms with Crippen LogP contribution >= 0.6 is 0 Å². The van der Waals surface area contributed by atoms with Gasteiger partial charge in [0, 0.05) is 0 Å². The van der Waals surface area contributed by atoms with Gasteiger partial charge in [-0.2, -0.15) is 26.3 Å². The monoisotopic (exact) mass is 298 g/mol. The quantitative estimate of drug-likeness (QED) is 0.817. The zero-order valence-electron chi connectivity index (χ0n) is 9.25. The number of carbonyl (C=O) groups excluding carboxylic acids is 1. The molecule has 11 heteroatoms. The highest BCUT2D eigenvalue weighted by molar-refractivity contribution is 5.96. The third kappa shape index (κ3) is 2.26. The van der Waals surface area contributed by atoms with Crippen molar-refractivity contribution in [3.8, 4) is 0 Å². The molecule has 5 nitrogen and oxygen atoms in total. The number of alkyl halides is 6. The molecule has 2 rings (SSSR count). The number of nitrogens with zero attached hydrogens (tertiary/aromatic N) is 3. The van der Waals surface area contributed by atoms with Crippen LogP contribution in [0.25, 0.3) is 5.65 Å². The van der Waals surface area contributed by atoms with Gasteiger partial charge in [-0.3, -0.25) is 9.20 Å². The molecule has 0 aliphatic heterocycles. The van der Waals surface area contributed by atoms with Crippen LogP contribution in [0.2, 0.25) is 0 Å². The minimum Gasteiger partial charge on any atom is -0.364 e. The van der Waals surface area contributed by atoms with Crippen molar-refractivity contribution in [3.63, 3.8) is 0 Å². The molecule has 2 aromatic rings. The standard InChI is InChI=1S/C9H4F6N4O/c10-8(11,12)3-1-4(9(13,14)15)19-2-17-5(6(16)20)7(19)18-3/h1-2H,(H2,16,20). The van der Waals surface area contributed by atoms with E-state index in [0.717, 1.165) is 0 Å². The second-order valence-electron chi connectivity index (χ2n) is 3.67. The molecule has 0 aliphatic rings. The smallest absolute Gasteiger partial charge is 0.364 e. The Morgan fingerprint density at radius 1 is 1.15 bits per heavy atom. The topological polar surface area (TPSA) is 73.3 Å². The largest absolute Gasteiger partial charge is 0.433 e. The van der Waals surface area contributed by atoms with Crippen LogP contribution in [0.3, 0.4) is 0 Å². The second-order valence-corrected chi connectivity index (χ2v) is 3.67. The number of primary amides is 1. The molecule has 0 saturated carbocycles. The van der Waals surface area contributed by atoms with Gasteiger partial charge in [0.15, 0.2) is 11.3 Å². The molecule has 0 bridgehead atoms. The van der Waals surface area contributed by atoms with Crippen LogP contribution in [-0.2, 0) is 12.4 Å². The highest BCUT2D eigenvalue weighted by Crippen LogP contribution is 2.35. The number of carbonyl (C=O) groups is 1.